The molecule has 1 atom stereocenters. The highest BCUT2D eigenvalue weighted by Gasteiger charge is 2.17. The summed E-state index contributed by atoms with van der Waals surface area (Å²) in [5.74, 6) is -0.0836. The molecule has 0 N–H and O–H groups in total. The largest absolute Gasteiger partial charge is 0.466 e. The summed E-state index contributed by atoms with van der Waals surface area (Å²) in [6.45, 7) is 7.82. The molecule has 3 nitrogen and oxygen atoms in total. The number of ether oxygens (including phenoxy) is 2. The SMILES string of the molecule is CC(C)(C)CCOC(=O)CCC1CCCO1. The maximum absolute atomic E-state index is 11.4. The Morgan fingerprint density at radius 3 is 2.75 bits per heavy atom. The summed E-state index contributed by atoms with van der Waals surface area (Å²) in [6.07, 6.45) is 4.73. The van der Waals surface area contributed by atoms with E-state index in [1.165, 1.54) is 0 Å². The predicted molar refractivity (Wildman–Crippen MR) is 63.2 cm³/mol. The minimum absolute atomic E-state index is 0.0836. The molecule has 1 aliphatic rings. The van der Waals surface area contributed by atoms with E-state index in [9.17, 15) is 4.79 Å². The molecule has 1 fully saturated rings. The highest BCUT2D eigenvalue weighted by molar-refractivity contribution is 5.69. The van der Waals surface area contributed by atoms with Crippen molar-refractivity contribution in [1.82, 2.24) is 0 Å². The van der Waals surface area contributed by atoms with Crippen molar-refractivity contribution in [3.63, 3.8) is 0 Å². The van der Waals surface area contributed by atoms with Crippen LogP contribution in [0.4, 0.5) is 0 Å². The molecule has 0 bridgehead atoms. The van der Waals surface area contributed by atoms with Gasteiger partial charge in [-0.2, -0.15) is 0 Å². The minimum atomic E-state index is -0.0836. The normalized spacial score (nSPS) is 21.1. The first-order chi connectivity index (χ1) is 7.47. The third kappa shape index (κ3) is 6.11. The average Bonchev–Trinajstić information content (AvgIpc) is 2.65. The fourth-order valence-corrected chi connectivity index (χ4v) is 1.69. The van der Waals surface area contributed by atoms with Crippen LogP contribution in [0.15, 0.2) is 0 Å². The molecule has 0 aromatic heterocycles. The molecule has 0 saturated carbocycles. The van der Waals surface area contributed by atoms with Gasteiger partial charge in [-0.25, -0.2) is 0 Å². The van der Waals surface area contributed by atoms with Gasteiger partial charge in [-0.15, -0.1) is 0 Å². The first kappa shape index (κ1) is 13.5. The zero-order valence-corrected chi connectivity index (χ0v) is 10.8. The van der Waals surface area contributed by atoms with Gasteiger partial charge in [0.05, 0.1) is 12.7 Å². The van der Waals surface area contributed by atoms with Gasteiger partial charge in [0.1, 0.15) is 0 Å². The highest BCUT2D eigenvalue weighted by atomic mass is 16.5. The molecule has 1 aliphatic heterocycles. The first-order valence-electron chi connectivity index (χ1n) is 6.24. The van der Waals surface area contributed by atoms with Crippen molar-refractivity contribution in [2.24, 2.45) is 5.41 Å². The molecule has 0 spiro atoms. The van der Waals surface area contributed by atoms with E-state index < -0.39 is 0 Å². The molecule has 1 heterocycles. The number of hydrogen-bond acceptors (Lipinski definition) is 3. The monoisotopic (exact) mass is 228 g/mol. The summed E-state index contributed by atoms with van der Waals surface area (Å²) in [7, 11) is 0. The molecule has 3 heteroatoms. The van der Waals surface area contributed by atoms with Gasteiger partial charge in [0.15, 0.2) is 0 Å². The Bertz CT molecular complexity index is 212. The third-order valence-electron chi connectivity index (χ3n) is 2.81. The first-order valence-corrected chi connectivity index (χ1v) is 6.24. The van der Waals surface area contributed by atoms with Crippen molar-refractivity contribution in [1.29, 1.82) is 0 Å². The van der Waals surface area contributed by atoms with E-state index in [2.05, 4.69) is 20.8 Å². The van der Waals surface area contributed by atoms with Crippen LogP contribution >= 0.6 is 0 Å². The predicted octanol–water partition coefficient (Wildman–Crippen LogP) is 2.93. The van der Waals surface area contributed by atoms with E-state index in [0.29, 0.717) is 13.0 Å². The van der Waals surface area contributed by atoms with Crippen LogP contribution in [0.2, 0.25) is 0 Å². The van der Waals surface area contributed by atoms with Gasteiger partial charge < -0.3 is 9.47 Å². The molecular weight excluding hydrogens is 204 g/mol. The van der Waals surface area contributed by atoms with Crippen LogP contribution in [0.3, 0.4) is 0 Å². The van der Waals surface area contributed by atoms with Gasteiger partial charge in [-0.3, -0.25) is 4.79 Å². The molecule has 1 saturated heterocycles. The van der Waals surface area contributed by atoms with Crippen LogP contribution in [-0.4, -0.2) is 25.3 Å². The van der Waals surface area contributed by atoms with E-state index in [1.54, 1.807) is 0 Å². The van der Waals surface area contributed by atoms with Crippen molar-refractivity contribution < 1.29 is 14.3 Å². The number of esters is 1. The summed E-state index contributed by atoms with van der Waals surface area (Å²) in [6, 6.07) is 0. The van der Waals surface area contributed by atoms with Gasteiger partial charge in [-0.05, 0) is 31.1 Å². The van der Waals surface area contributed by atoms with Crippen LogP contribution in [0, 0.1) is 5.41 Å². The van der Waals surface area contributed by atoms with Gasteiger partial charge in [0.25, 0.3) is 0 Å². The molecule has 1 rings (SSSR count). The summed E-state index contributed by atoms with van der Waals surface area (Å²) >= 11 is 0. The fraction of sp³-hybridized carbons (Fsp3) is 0.923. The molecule has 1 unspecified atom stereocenters. The van der Waals surface area contributed by atoms with Crippen molar-refractivity contribution >= 4 is 5.97 Å². The lowest BCUT2D eigenvalue weighted by molar-refractivity contribution is -0.144. The molecule has 0 amide bonds. The Hall–Kier alpha value is -0.570. The smallest absolute Gasteiger partial charge is 0.305 e. The van der Waals surface area contributed by atoms with Gasteiger partial charge in [0, 0.05) is 13.0 Å². The van der Waals surface area contributed by atoms with E-state index >= 15 is 0 Å². The van der Waals surface area contributed by atoms with E-state index in [4.69, 9.17) is 9.47 Å². The second-order valence-electron chi connectivity index (χ2n) is 5.70. The van der Waals surface area contributed by atoms with Gasteiger partial charge in [0.2, 0.25) is 0 Å². The zero-order valence-electron chi connectivity index (χ0n) is 10.8. The Kier molecular flexibility index (Phi) is 5.26. The van der Waals surface area contributed by atoms with Crippen LogP contribution in [-0.2, 0) is 14.3 Å². The standard InChI is InChI=1S/C13H24O3/c1-13(2,3)8-10-16-12(14)7-6-11-5-4-9-15-11/h11H,4-10H2,1-3H3. The van der Waals surface area contributed by atoms with Crippen LogP contribution in [0.25, 0.3) is 0 Å². The Morgan fingerprint density at radius 1 is 1.44 bits per heavy atom. The molecule has 0 radical (unpaired) electrons. The number of carbonyl (C=O) groups is 1. The number of rotatable bonds is 5. The Labute approximate surface area is 98.5 Å². The van der Waals surface area contributed by atoms with E-state index in [1.807, 2.05) is 0 Å². The lowest BCUT2D eigenvalue weighted by Crippen LogP contribution is -2.15. The van der Waals surface area contributed by atoms with Crippen LogP contribution < -0.4 is 0 Å². The quantitative estimate of drug-likeness (QED) is 0.679. The van der Waals surface area contributed by atoms with Crippen molar-refractivity contribution in [3.8, 4) is 0 Å². The van der Waals surface area contributed by atoms with Crippen LogP contribution in [0.5, 0.6) is 0 Å². The molecule has 16 heavy (non-hydrogen) atoms. The lowest BCUT2D eigenvalue weighted by atomic mass is 9.93. The second kappa shape index (κ2) is 6.24. The van der Waals surface area contributed by atoms with Gasteiger partial charge in [-0.1, -0.05) is 20.8 Å². The fourth-order valence-electron chi connectivity index (χ4n) is 1.69. The van der Waals surface area contributed by atoms with Crippen molar-refractivity contribution in [2.75, 3.05) is 13.2 Å². The van der Waals surface area contributed by atoms with E-state index in [0.717, 1.165) is 32.3 Å². The highest BCUT2D eigenvalue weighted by Crippen LogP contribution is 2.19. The van der Waals surface area contributed by atoms with Crippen molar-refractivity contribution in [3.05, 3.63) is 0 Å². The summed E-state index contributed by atoms with van der Waals surface area (Å²) < 4.78 is 10.6. The average molecular weight is 228 g/mol. The number of carbonyl (C=O) groups excluding carboxylic acids is 1. The molecule has 94 valence electrons. The molecule has 0 aromatic carbocycles. The van der Waals surface area contributed by atoms with Crippen molar-refractivity contribution in [2.45, 2.75) is 59.0 Å². The Balaban J connectivity index is 2.02. The lowest BCUT2D eigenvalue weighted by Gasteiger charge is -2.17. The minimum Gasteiger partial charge on any atom is -0.466 e. The maximum Gasteiger partial charge on any atom is 0.305 e. The van der Waals surface area contributed by atoms with Gasteiger partial charge >= 0.3 is 5.97 Å². The zero-order chi connectivity index (χ0) is 12.0. The van der Waals surface area contributed by atoms with E-state index in [-0.39, 0.29) is 17.5 Å². The number of hydrogen-bond donors (Lipinski definition) is 0. The maximum atomic E-state index is 11.4. The third-order valence-corrected chi connectivity index (χ3v) is 2.81. The summed E-state index contributed by atoms with van der Waals surface area (Å²) in [5.41, 5.74) is 0.231. The molecular formula is C13H24O3. The summed E-state index contributed by atoms with van der Waals surface area (Å²) in [4.78, 5) is 11.4. The summed E-state index contributed by atoms with van der Waals surface area (Å²) in [5, 5.41) is 0. The second-order valence-corrected chi connectivity index (χ2v) is 5.70. The van der Waals surface area contributed by atoms with Crippen LogP contribution in [0.1, 0.15) is 52.9 Å². The molecule has 0 aliphatic carbocycles. The molecule has 0 aromatic rings. The topological polar surface area (TPSA) is 35.5 Å². The Morgan fingerprint density at radius 2 is 2.19 bits per heavy atom.